The summed E-state index contributed by atoms with van der Waals surface area (Å²) in [6.45, 7) is 10.3. The van der Waals surface area contributed by atoms with Gasteiger partial charge >= 0.3 is 0 Å². The summed E-state index contributed by atoms with van der Waals surface area (Å²) in [5.74, 6) is 1.25. The minimum atomic E-state index is -4.71. The van der Waals surface area contributed by atoms with Crippen LogP contribution < -0.4 is 29.9 Å². The first-order valence-electron chi connectivity index (χ1n) is 20.9. The van der Waals surface area contributed by atoms with Gasteiger partial charge in [-0.25, -0.2) is 9.97 Å². The molecule has 370 valence electrons. The number of benzene rings is 4. The van der Waals surface area contributed by atoms with Crippen LogP contribution in [0.4, 0.5) is 56.3 Å². The number of hydrogen-bond donors (Lipinski definition) is 5. The molecule has 0 bridgehead atoms. The van der Waals surface area contributed by atoms with Gasteiger partial charge < -0.3 is 35.0 Å². The first kappa shape index (κ1) is 52.2. The van der Waals surface area contributed by atoms with E-state index in [2.05, 4.69) is 60.8 Å². The van der Waals surface area contributed by atoms with Gasteiger partial charge in [0.05, 0.1) is 74.1 Å². The Morgan fingerprint density at radius 1 is 0.643 bits per heavy atom. The molecule has 0 radical (unpaired) electrons. The highest BCUT2D eigenvalue weighted by atomic mass is 35.5. The Kier molecular flexibility index (Phi) is 16.6. The summed E-state index contributed by atoms with van der Waals surface area (Å²) in [5.41, 5.74) is 3.05. The molecular formula is C41H43Cl2N13O9S5. The second-order valence-electron chi connectivity index (χ2n) is 14.3. The van der Waals surface area contributed by atoms with E-state index in [1.807, 2.05) is 27.7 Å². The summed E-state index contributed by atoms with van der Waals surface area (Å²) in [5, 5.41) is 34.0. The topological polar surface area (TPSA) is 292 Å². The van der Waals surface area contributed by atoms with Crippen LogP contribution in [0.3, 0.4) is 0 Å². The summed E-state index contributed by atoms with van der Waals surface area (Å²) >= 11 is 15.2. The number of thioether (sulfide) groups is 1. The third kappa shape index (κ3) is 11.6. The van der Waals surface area contributed by atoms with Crippen molar-refractivity contribution >= 4 is 155 Å². The SMILES string of the molecule is CCN(CC)c1cc(Nc2nc(Nc3cc(N(CC)CC)c(OC)cc3N=Nc3nc4ccc(Cl)c(S(=O)(=O)O)c4s3)nc(SCCO)n2)c(N=Nc2nc3ccc(Cl)c(S(=O)(=O)O)c3s2)cc1OC. The number of methoxy groups -OCH3 is 2. The fourth-order valence-electron chi connectivity index (χ4n) is 6.97. The number of rotatable bonds is 21. The second-order valence-corrected chi connectivity index (χ2v) is 20.9. The number of aromatic nitrogens is 5. The number of halogens is 2. The standard InChI is InChI=1S/C41H43Cl2N13O9S5/c1-7-55(8-2)29-17-25(27(19-31(29)64-5)51-53-40-46-23-13-11-21(42)35(33(23)67-40)69(58,59)60)44-37-48-38(50-39(49-37)66-16-15-57)45-26-18-30(56(9-3)10-4)32(65-6)20-28(26)52-54-41-47-24-14-12-22(43)36(34(24)68-41)70(61,62)63/h11-14,17-20,57H,7-10,15-16H2,1-6H3,(H,58,59,60)(H,61,62,63)(H2,44,45,48,49,50). The van der Waals surface area contributed by atoms with E-state index in [1.165, 1.54) is 38.5 Å². The number of ether oxygens (including phenoxy) is 2. The van der Waals surface area contributed by atoms with Crippen LogP contribution in [-0.4, -0.2) is 109 Å². The fraction of sp³-hybridized carbons (Fsp3) is 0.293. The van der Waals surface area contributed by atoms with Crippen molar-refractivity contribution in [1.29, 1.82) is 0 Å². The minimum absolute atomic E-state index is 0.0425. The highest BCUT2D eigenvalue weighted by molar-refractivity contribution is 7.99. The van der Waals surface area contributed by atoms with Crippen molar-refractivity contribution in [2.24, 2.45) is 20.5 Å². The number of anilines is 6. The fourth-order valence-corrected chi connectivity index (χ4v) is 12.4. The molecule has 0 aliphatic heterocycles. The highest BCUT2D eigenvalue weighted by Gasteiger charge is 2.25. The van der Waals surface area contributed by atoms with Crippen LogP contribution >= 0.6 is 57.6 Å². The van der Waals surface area contributed by atoms with Gasteiger partial charge in [0.1, 0.15) is 32.7 Å². The van der Waals surface area contributed by atoms with Crippen LogP contribution in [0.15, 0.2) is 83.9 Å². The maximum absolute atomic E-state index is 12.2. The molecular weight excluding hydrogens is 1050 g/mol. The Balaban J connectivity index is 1.33. The molecule has 29 heteroatoms. The summed E-state index contributed by atoms with van der Waals surface area (Å²) < 4.78 is 80.6. The second kappa shape index (κ2) is 22.2. The van der Waals surface area contributed by atoms with Crippen molar-refractivity contribution < 1.29 is 40.5 Å². The van der Waals surface area contributed by atoms with E-state index in [1.54, 1.807) is 24.3 Å². The zero-order chi connectivity index (χ0) is 50.5. The van der Waals surface area contributed by atoms with Crippen molar-refractivity contribution in [1.82, 2.24) is 24.9 Å². The predicted molar refractivity (Wildman–Crippen MR) is 275 cm³/mol. The van der Waals surface area contributed by atoms with Crippen LogP contribution in [0.1, 0.15) is 27.7 Å². The monoisotopic (exact) mass is 1090 g/mol. The summed E-state index contributed by atoms with van der Waals surface area (Å²) in [4.78, 5) is 26.0. The van der Waals surface area contributed by atoms with Crippen LogP contribution in [0, 0.1) is 0 Å². The molecule has 0 spiro atoms. The largest absolute Gasteiger partial charge is 0.494 e. The normalized spacial score (nSPS) is 12.2. The smallest absolute Gasteiger partial charge is 0.297 e. The van der Waals surface area contributed by atoms with Gasteiger partial charge in [0.2, 0.25) is 22.2 Å². The molecule has 0 atom stereocenters. The number of hydrogen-bond acceptors (Lipinski definition) is 23. The number of nitrogens with zero attached hydrogens (tertiary/aromatic N) is 11. The quantitative estimate of drug-likeness (QED) is 0.0254. The van der Waals surface area contributed by atoms with E-state index < -0.39 is 30.0 Å². The third-order valence-corrected chi connectivity index (χ3v) is 15.9. The van der Waals surface area contributed by atoms with Gasteiger partial charge in [-0.05, 0) is 64.1 Å². The number of aliphatic hydroxyl groups is 1. The van der Waals surface area contributed by atoms with Gasteiger partial charge in [-0.3, -0.25) is 9.11 Å². The molecule has 22 nitrogen and oxygen atoms in total. The lowest BCUT2D eigenvalue weighted by Crippen LogP contribution is -2.22. The summed E-state index contributed by atoms with van der Waals surface area (Å²) in [6.07, 6.45) is 0. The van der Waals surface area contributed by atoms with Gasteiger partial charge in [0.15, 0.2) is 5.16 Å². The van der Waals surface area contributed by atoms with Crippen LogP contribution in [0.25, 0.3) is 20.4 Å². The maximum atomic E-state index is 12.2. The van der Waals surface area contributed by atoms with Gasteiger partial charge in [-0.2, -0.15) is 31.8 Å². The minimum Gasteiger partial charge on any atom is -0.494 e. The van der Waals surface area contributed by atoms with Gasteiger partial charge in [0.25, 0.3) is 20.2 Å². The third-order valence-electron chi connectivity index (χ3n) is 10.1. The van der Waals surface area contributed by atoms with Gasteiger partial charge in [-0.15, -0.1) is 20.5 Å². The lowest BCUT2D eigenvalue weighted by atomic mass is 10.2. The Labute approximate surface area is 423 Å². The molecule has 0 unspecified atom stereocenters. The van der Waals surface area contributed by atoms with Crippen molar-refractivity contribution in [2.75, 3.05) is 73.2 Å². The number of azo groups is 2. The molecule has 70 heavy (non-hydrogen) atoms. The zero-order valence-corrected chi connectivity index (χ0v) is 43.5. The van der Waals surface area contributed by atoms with E-state index >= 15 is 0 Å². The molecule has 0 aliphatic carbocycles. The summed E-state index contributed by atoms with van der Waals surface area (Å²) in [7, 11) is -6.38. The van der Waals surface area contributed by atoms with Crippen molar-refractivity contribution in [3.63, 3.8) is 0 Å². The van der Waals surface area contributed by atoms with Crippen molar-refractivity contribution in [2.45, 2.75) is 42.6 Å². The Hall–Kier alpha value is -5.62. The van der Waals surface area contributed by atoms with Crippen LogP contribution in [0.2, 0.25) is 10.0 Å². The van der Waals surface area contributed by atoms with E-state index in [0.717, 1.165) is 34.4 Å². The number of thiazole rings is 2. The van der Waals surface area contributed by atoms with E-state index in [-0.39, 0.29) is 81.5 Å². The molecule has 0 saturated carbocycles. The molecule has 5 N–H and O–H groups in total. The van der Waals surface area contributed by atoms with Gasteiger partial charge in [0, 0.05) is 44.1 Å². The predicted octanol–water partition coefficient (Wildman–Crippen LogP) is 11.0. The number of fused-ring (bicyclic) bond motifs is 2. The average molecular weight is 1090 g/mol. The Bertz CT molecular complexity index is 3160. The first-order chi connectivity index (χ1) is 33.4. The van der Waals surface area contributed by atoms with Gasteiger partial charge in [-0.1, -0.05) is 57.6 Å². The lowest BCUT2D eigenvalue weighted by molar-refractivity contribution is 0.322. The van der Waals surface area contributed by atoms with Crippen LogP contribution in [0.5, 0.6) is 11.5 Å². The Morgan fingerprint density at radius 3 is 1.41 bits per heavy atom. The Morgan fingerprint density at radius 2 is 1.06 bits per heavy atom. The molecule has 3 aromatic heterocycles. The zero-order valence-electron chi connectivity index (χ0n) is 37.9. The molecule has 0 aliphatic rings. The lowest BCUT2D eigenvalue weighted by Gasteiger charge is -2.25. The molecule has 3 heterocycles. The first-order valence-corrected chi connectivity index (χ1v) is 27.1. The summed E-state index contributed by atoms with van der Waals surface area (Å²) in [6, 6.07) is 12.5. The van der Waals surface area contributed by atoms with Crippen LogP contribution in [-0.2, 0) is 20.2 Å². The van der Waals surface area contributed by atoms with E-state index in [4.69, 9.17) is 37.7 Å². The molecule has 7 aromatic rings. The number of nitrogens with one attached hydrogen (secondary N) is 2. The van der Waals surface area contributed by atoms with Crippen molar-refractivity contribution in [3.05, 3.63) is 58.6 Å². The molecule has 4 aromatic carbocycles. The molecule has 0 fully saturated rings. The maximum Gasteiger partial charge on any atom is 0.297 e. The van der Waals surface area contributed by atoms with Crippen molar-refractivity contribution in [3.8, 4) is 11.5 Å². The van der Waals surface area contributed by atoms with E-state index in [0.29, 0.717) is 60.4 Å². The molecule has 7 rings (SSSR count). The van der Waals surface area contributed by atoms with E-state index in [9.17, 15) is 31.0 Å². The molecule has 0 amide bonds. The highest BCUT2D eigenvalue weighted by Crippen LogP contribution is 2.45. The average Bonchev–Trinajstić information content (AvgIpc) is 3.93. The number of aliphatic hydroxyl groups excluding tert-OH is 1. The molecule has 0 saturated heterocycles.